The van der Waals surface area contributed by atoms with Crippen LogP contribution in [0.2, 0.25) is 0 Å². The van der Waals surface area contributed by atoms with Gasteiger partial charge in [-0.25, -0.2) is 0 Å². The van der Waals surface area contributed by atoms with Crippen molar-refractivity contribution in [3.8, 4) is 0 Å². The van der Waals surface area contributed by atoms with Gasteiger partial charge in [-0.05, 0) is 0 Å². The predicted molar refractivity (Wildman–Crippen MR) is 76.3 cm³/mol. The number of hydrogen-bond acceptors (Lipinski definition) is 6. The molecule has 0 aliphatic carbocycles. The molecule has 0 aliphatic rings. The lowest BCUT2D eigenvalue weighted by molar-refractivity contribution is -0.170. The van der Waals surface area contributed by atoms with E-state index in [1.54, 1.807) is 41.5 Å². The maximum atomic E-state index is 11.6. The van der Waals surface area contributed by atoms with Crippen molar-refractivity contribution in [3.63, 3.8) is 0 Å². The van der Waals surface area contributed by atoms with Gasteiger partial charge in [-0.3, -0.25) is 14.4 Å². The third-order valence-electron chi connectivity index (χ3n) is 2.52. The fourth-order valence-electron chi connectivity index (χ4n) is 1.10. The molecule has 0 heterocycles. The molecule has 0 fully saturated rings. The van der Waals surface area contributed by atoms with E-state index in [0.29, 0.717) is 0 Å². The zero-order valence-corrected chi connectivity index (χ0v) is 13.7. The SMILES string of the molecule is CC(C)C(=O)OCC(COC(=O)C(C)C)OC(=O)C(C)C. The second-order valence-corrected chi connectivity index (χ2v) is 5.78. The molecule has 0 aromatic heterocycles. The average Bonchev–Trinajstić information content (AvgIpc) is 2.40. The highest BCUT2D eigenvalue weighted by molar-refractivity contribution is 5.73. The zero-order chi connectivity index (χ0) is 16.6. The van der Waals surface area contributed by atoms with Crippen LogP contribution in [0.25, 0.3) is 0 Å². The number of hydrogen-bond donors (Lipinski definition) is 0. The molecule has 0 radical (unpaired) electrons. The predicted octanol–water partition coefficient (Wildman–Crippen LogP) is 1.95. The molecule has 0 atom stereocenters. The van der Waals surface area contributed by atoms with Gasteiger partial charge in [0.05, 0.1) is 17.8 Å². The van der Waals surface area contributed by atoms with Crippen molar-refractivity contribution in [1.29, 1.82) is 0 Å². The molecule has 0 saturated heterocycles. The smallest absolute Gasteiger partial charge is 0.308 e. The molecule has 21 heavy (non-hydrogen) atoms. The van der Waals surface area contributed by atoms with Crippen molar-refractivity contribution in [2.75, 3.05) is 13.2 Å². The molecule has 0 saturated carbocycles. The number of ether oxygens (including phenoxy) is 3. The average molecular weight is 302 g/mol. The standard InChI is InChI=1S/C15H26O6/c1-9(2)13(16)19-7-12(21-15(18)11(5)6)8-20-14(17)10(3)4/h9-12H,7-8H2,1-6H3. The Balaban J connectivity index is 4.50. The number of carbonyl (C=O) groups is 3. The topological polar surface area (TPSA) is 78.9 Å². The molecule has 0 N–H and O–H groups in total. The van der Waals surface area contributed by atoms with Crippen LogP contribution in [0.5, 0.6) is 0 Å². The fraction of sp³-hybridized carbons (Fsp3) is 0.800. The van der Waals surface area contributed by atoms with Crippen LogP contribution in [-0.2, 0) is 28.6 Å². The minimum absolute atomic E-state index is 0.124. The highest BCUT2D eigenvalue weighted by Crippen LogP contribution is 2.06. The van der Waals surface area contributed by atoms with Crippen LogP contribution in [0.1, 0.15) is 41.5 Å². The molecule has 6 heteroatoms. The molecule has 0 aromatic carbocycles. The van der Waals surface area contributed by atoms with Gasteiger partial charge in [0.25, 0.3) is 0 Å². The first-order valence-corrected chi connectivity index (χ1v) is 7.18. The molecule has 0 unspecified atom stereocenters. The Morgan fingerprint density at radius 2 is 1.00 bits per heavy atom. The van der Waals surface area contributed by atoms with Gasteiger partial charge in [0, 0.05) is 0 Å². The van der Waals surface area contributed by atoms with Crippen molar-refractivity contribution in [1.82, 2.24) is 0 Å². The van der Waals surface area contributed by atoms with E-state index in [2.05, 4.69) is 0 Å². The summed E-state index contributed by atoms with van der Waals surface area (Å²) in [6.45, 7) is 9.96. The summed E-state index contributed by atoms with van der Waals surface area (Å²) in [6, 6.07) is 0. The van der Waals surface area contributed by atoms with Crippen molar-refractivity contribution < 1.29 is 28.6 Å². The van der Waals surface area contributed by atoms with E-state index in [9.17, 15) is 14.4 Å². The second-order valence-electron chi connectivity index (χ2n) is 5.78. The minimum Gasteiger partial charge on any atom is -0.461 e. The van der Waals surface area contributed by atoms with E-state index in [0.717, 1.165) is 0 Å². The van der Waals surface area contributed by atoms with Crippen LogP contribution in [0.15, 0.2) is 0 Å². The van der Waals surface area contributed by atoms with E-state index in [1.165, 1.54) is 0 Å². The van der Waals surface area contributed by atoms with E-state index in [4.69, 9.17) is 14.2 Å². The van der Waals surface area contributed by atoms with Gasteiger partial charge in [-0.15, -0.1) is 0 Å². The van der Waals surface area contributed by atoms with Crippen molar-refractivity contribution >= 4 is 17.9 Å². The molecular formula is C15H26O6. The van der Waals surface area contributed by atoms with Gasteiger partial charge < -0.3 is 14.2 Å². The lowest BCUT2D eigenvalue weighted by Gasteiger charge is -2.20. The van der Waals surface area contributed by atoms with Gasteiger partial charge in [0.1, 0.15) is 13.2 Å². The second kappa shape index (κ2) is 9.37. The third-order valence-corrected chi connectivity index (χ3v) is 2.52. The van der Waals surface area contributed by atoms with E-state index < -0.39 is 24.0 Å². The van der Waals surface area contributed by atoms with Crippen LogP contribution >= 0.6 is 0 Å². The summed E-state index contributed by atoms with van der Waals surface area (Å²) in [4.78, 5) is 34.5. The largest absolute Gasteiger partial charge is 0.461 e. The Hall–Kier alpha value is -1.59. The van der Waals surface area contributed by atoms with Crippen molar-refractivity contribution in [3.05, 3.63) is 0 Å². The number of esters is 3. The van der Waals surface area contributed by atoms with Crippen LogP contribution in [0.3, 0.4) is 0 Å². The lowest BCUT2D eigenvalue weighted by atomic mass is 10.2. The fourth-order valence-corrected chi connectivity index (χ4v) is 1.10. The Kier molecular flexibility index (Phi) is 8.66. The number of carbonyl (C=O) groups excluding carboxylic acids is 3. The van der Waals surface area contributed by atoms with E-state index >= 15 is 0 Å². The molecule has 0 rings (SSSR count). The van der Waals surface area contributed by atoms with E-state index in [-0.39, 0.29) is 31.0 Å². The first-order valence-electron chi connectivity index (χ1n) is 7.18. The molecular weight excluding hydrogens is 276 g/mol. The normalized spacial score (nSPS) is 11.1. The van der Waals surface area contributed by atoms with Crippen molar-refractivity contribution in [2.24, 2.45) is 17.8 Å². The Morgan fingerprint density at radius 3 is 1.29 bits per heavy atom. The molecule has 0 aliphatic heterocycles. The maximum absolute atomic E-state index is 11.6. The number of rotatable bonds is 8. The van der Waals surface area contributed by atoms with Crippen LogP contribution < -0.4 is 0 Å². The maximum Gasteiger partial charge on any atom is 0.308 e. The highest BCUT2D eigenvalue weighted by Gasteiger charge is 2.22. The summed E-state index contributed by atoms with van der Waals surface area (Å²) in [6.07, 6.45) is -0.787. The monoisotopic (exact) mass is 302 g/mol. The van der Waals surface area contributed by atoms with Crippen LogP contribution in [0, 0.1) is 17.8 Å². The Bertz CT molecular complexity index is 335. The molecule has 0 amide bonds. The molecule has 0 aromatic rings. The van der Waals surface area contributed by atoms with Gasteiger partial charge >= 0.3 is 17.9 Å². The van der Waals surface area contributed by atoms with Gasteiger partial charge in [-0.1, -0.05) is 41.5 Å². The van der Waals surface area contributed by atoms with Gasteiger partial charge in [-0.2, -0.15) is 0 Å². The molecule has 0 spiro atoms. The first-order chi connectivity index (χ1) is 9.65. The highest BCUT2D eigenvalue weighted by atomic mass is 16.6. The minimum atomic E-state index is -0.787. The molecule has 6 nitrogen and oxygen atoms in total. The van der Waals surface area contributed by atoms with Crippen LogP contribution in [-0.4, -0.2) is 37.2 Å². The zero-order valence-electron chi connectivity index (χ0n) is 13.7. The summed E-state index contributed by atoms with van der Waals surface area (Å²) in [5.41, 5.74) is 0. The van der Waals surface area contributed by atoms with Gasteiger partial charge in [0.15, 0.2) is 6.10 Å². The Morgan fingerprint density at radius 1 is 0.667 bits per heavy atom. The van der Waals surface area contributed by atoms with Crippen LogP contribution in [0.4, 0.5) is 0 Å². The van der Waals surface area contributed by atoms with E-state index in [1.807, 2.05) is 0 Å². The quantitative estimate of drug-likeness (QED) is 0.504. The summed E-state index contributed by atoms with van der Waals surface area (Å²) in [5.74, 6) is -2.07. The summed E-state index contributed by atoms with van der Waals surface area (Å²) in [7, 11) is 0. The summed E-state index contributed by atoms with van der Waals surface area (Å²) < 4.78 is 15.2. The molecule has 0 bridgehead atoms. The lowest BCUT2D eigenvalue weighted by Crippen LogP contribution is -2.33. The van der Waals surface area contributed by atoms with Gasteiger partial charge in [0.2, 0.25) is 0 Å². The first kappa shape index (κ1) is 19.4. The summed E-state index contributed by atoms with van der Waals surface area (Å²) >= 11 is 0. The third kappa shape index (κ3) is 8.32. The van der Waals surface area contributed by atoms with Crippen molar-refractivity contribution in [2.45, 2.75) is 47.6 Å². The molecule has 122 valence electrons. The Labute approximate surface area is 126 Å². The summed E-state index contributed by atoms with van der Waals surface area (Å²) in [5, 5.41) is 0.